The number of carbonyl (C=O) groups is 1. The highest BCUT2D eigenvalue weighted by molar-refractivity contribution is 7.75. The molecule has 7 atom stereocenters. The molecule has 0 saturated heterocycles. The molecular formula is C33H41ClN2O5S. The molecule has 2 aromatic carbocycles. The number of anilines is 1. The molecule has 1 fully saturated rings. The van der Waals surface area contributed by atoms with Gasteiger partial charge in [0.15, 0.2) is 0 Å². The molecule has 1 spiro atoms. The molecule has 0 aromatic heterocycles. The number of hydrogen-bond donors (Lipinski definition) is 1. The first kappa shape index (κ1) is 29.7. The second-order valence-electron chi connectivity index (χ2n) is 12.5. The lowest BCUT2D eigenvalue weighted by Crippen LogP contribution is -2.49. The van der Waals surface area contributed by atoms with Gasteiger partial charge in [-0.25, -0.2) is 0 Å². The highest BCUT2D eigenvalue weighted by Crippen LogP contribution is 2.47. The average Bonchev–Trinajstić information content (AvgIpc) is 3.11. The molecule has 4 aliphatic rings. The van der Waals surface area contributed by atoms with Crippen LogP contribution < -0.4 is 9.64 Å². The predicted octanol–water partition coefficient (Wildman–Crippen LogP) is 5.88. The van der Waals surface area contributed by atoms with Crippen LogP contribution in [0.5, 0.6) is 5.75 Å². The molecular weight excluding hydrogens is 572 g/mol. The van der Waals surface area contributed by atoms with Gasteiger partial charge in [-0.1, -0.05) is 36.7 Å². The van der Waals surface area contributed by atoms with Gasteiger partial charge in [0, 0.05) is 59.7 Å². The van der Waals surface area contributed by atoms with E-state index >= 15 is 0 Å². The maximum absolute atomic E-state index is 13.3. The van der Waals surface area contributed by atoms with Gasteiger partial charge in [-0.2, -0.15) is 4.36 Å². The third kappa shape index (κ3) is 5.75. The normalized spacial score (nSPS) is 34.2. The fourth-order valence-electron chi connectivity index (χ4n) is 7.45. The van der Waals surface area contributed by atoms with E-state index in [0.29, 0.717) is 24.0 Å². The van der Waals surface area contributed by atoms with Crippen LogP contribution in [0.15, 0.2) is 52.9 Å². The van der Waals surface area contributed by atoms with E-state index in [1.54, 1.807) is 20.3 Å². The van der Waals surface area contributed by atoms with Crippen LogP contribution in [0.1, 0.15) is 54.1 Å². The Kier molecular flexibility index (Phi) is 8.70. The first-order valence-electron chi connectivity index (χ1n) is 15.1. The number of rotatable bonds is 2. The highest BCUT2D eigenvalue weighted by Gasteiger charge is 2.44. The van der Waals surface area contributed by atoms with Crippen molar-refractivity contribution in [1.29, 1.82) is 0 Å². The summed E-state index contributed by atoms with van der Waals surface area (Å²) in [4.78, 5) is 15.7. The summed E-state index contributed by atoms with van der Waals surface area (Å²) in [6.45, 7) is 4.14. The number of nitrogens with zero attached hydrogens (tertiary/aromatic N) is 2. The Bertz CT molecular complexity index is 1460. The molecule has 2 bridgehead atoms. The number of benzene rings is 2. The maximum atomic E-state index is 13.3. The molecule has 2 heterocycles. The first-order valence-corrected chi connectivity index (χ1v) is 16.8. The van der Waals surface area contributed by atoms with Crippen molar-refractivity contribution in [2.45, 2.75) is 56.7 Å². The van der Waals surface area contributed by atoms with Crippen molar-refractivity contribution in [3.8, 4) is 5.75 Å². The zero-order valence-corrected chi connectivity index (χ0v) is 26.3. The molecule has 9 heteroatoms. The van der Waals surface area contributed by atoms with E-state index in [1.807, 2.05) is 31.2 Å². The Morgan fingerprint density at radius 3 is 2.67 bits per heavy atom. The number of thiol groups is 1. The minimum atomic E-state index is -2.10. The minimum Gasteiger partial charge on any atom is -0.490 e. The number of carbonyl (C=O) groups excluding carboxylic acids is 1. The van der Waals surface area contributed by atoms with Gasteiger partial charge < -0.3 is 19.1 Å². The zero-order chi connectivity index (χ0) is 29.4. The monoisotopic (exact) mass is 612 g/mol. The number of methoxy groups -OCH3 is 2. The van der Waals surface area contributed by atoms with Crippen LogP contribution in [-0.4, -0.2) is 62.0 Å². The molecule has 2 aliphatic heterocycles. The molecule has 2 aliphatic carbocycles. The number of hydrogen-bond acceptors (Lipinski definition) is 6. The molecule has 1 amide bonds. The molecule has 6 rings (SSSR count). The largest absolute Gasteiger partial charge is 0.490 e. The van der Waals surface area contributed by atoms with Crippen LogP contribution in [0.25, 0.3) is 0 Å². The summed E-state index contributed by atoms with van der Waals surface area (Å²) in [6.07, 6.45) is 9.16. The standard InChI is InChI=1S/C33H41ClN2O5S/c1-21-18-42(38)35-32(37)23-7-11-31-28(16-23)36(17-24-6-9-26(24)30(40-3)13-12-29(21)39-2)19-33(20-41-31)14-4-5-22-15-25(34)8-10-27(22)33/h7-8,10-13,15-16,21,24,26,29-30,42H,4-6,9,14,17-20H2,1-3H3/b13-12+/t21-,24+,26-,29+,30+,33+/m1/s1. The number of aryl methyl sites for hydroxylation is 1. The molecule has 226 valence electrons. The van der Waals surface area contributed by atoms with Crippen LogP contribution in [0.4, 0.5) is 5.69 Å². The van der Waals surface area contributed by atoms with E-state index < -0.39 is 16.5 Å². The topological polar surface area (TPSA) is 77.4 Å². The van der Waals surface area contributed by atoms with E-state index in [-0.39, 0.29) is 29.3 Å². The van der Waals surface area contributed by atoms with Crippen molar-refractivity contribution >= 4 is 33.8 Å². The fraction of sp³-hybridized carbons (Fsp3) is 0.545. The Morgan fingerprint density at radius 2 is 1.90 bits per heavy atom. The number of fused-ring (bicyclic) bond motifs is 4. The predicted molar refractivity (Wildman–Crippen MR) is 167 cm³/mol. The summed E-state index contributed by atoms with van der Waals surface area (Å²) in [7, 11) is 1.34. The van der Waals surface area contributed by atoms with Gasteiger partial charge in [-0.3, -0.25) is 9.00 Å². The third-order valence-electron chi connectivity index (χ3n) is 9.88. The van der Waals surface area contributed by atoms with E-state index in [4.69, 9.17) is 25.8 Å². The van der Waals surface area contributed by atoms with E-state index in [1.165, 1.54) is 11.1 Å². The van der Waals surface area contributed by atoms with Crippen LogP contribution in [0.3, 0.4) is 0 Å². The van der Waals surface area contributed by atoms with Gasteiger partial charge in [0.05, 0.1) is 24.5 Å². The Hall–Kier alpha value is -2.39. The van der Waals surface area contributed by atoms with Crippen molar-refractivity contribution in [1.82, 2.24) is 0 Å². The molecule has 0 N–H and O–H groups in total. The molecule has 1 saturated carbocycles. The molecule has 1 unspecified atom stereocenters. The molecule has 2 aromatic rings. The summed E-state index contributed by atoms with van der Waals surface area (Å²) in [5.41, 5.74) is 3.74. The van der Waals surface area contributed by atoms with E-state index in [0.717, 1.165) is 61.7 Å². The quantitative estimate of drug-likeness (QED) is 0.337. The van der Waals surface area contributed by atoms with Gasteiger partial charge in [-0.15, -0.1) is 0 Å². The molecule has 0 radical (unpaired) electrons. The van der Waals surface area contributed by atoms with Crippen LogP contribution in [-0.2, 0) is 31.9 Å². The van der Waals surface area contributed by atoms with Gasteiger partial charge in [-0.05, 0) is 91.3 Å². The highest BCUT2D eigenvalue weighted by atomic mass is 35.5. The number of ether oxygens (including phenoxy) is 3. The van der Waals surface area contributed by atoms with Crippen molar-refractivity contribution in [2.24, 2.45) is 22.1 Å². The number of amides is 1. The molecule has 42 heavy (non-hydrogen) atoms. The Labute approximate surface area is 255 Å². The van der Waals surface area contributed by atoms with Crippen molar-refractivity contribution < 1.29 is 23.2 Å². The van der Waals surface area contributed by atoms with E-state index in [9.17, 15) is 9.00 Å². The van der Waals surface area contributed by atoms with Crippen LogP contribution in [0, 0.1) is 17.8 Å². The zero-order valence-electron chi connectivity index (χ0n) is 24.6. The lowest BCUT2D eigenvalue weighted by atomic mass is 9.68. The van der Waals surface area contributed by atoms with Crippen LogP contribution >= 0.6 is 11.6 Å². The van der Waals surface area contributed by atoms with Crippen molar-refractivity contribution in [2.75, 3.05) is 44.6 Å². The fourth-order valence-corrected chi connectivity index (χ4v) is 8.74. The SMILES string of the molecule is CO[C@H]1/C=C/[C@H](OC)[C@H](C)C/[SH](=O)=N\C(=O)c2ccc3c(c2)N(C[C@@H]2CC[C@H]21)C[C@@]1(CCCc2cc(Cl)ccc21)CO3. The summed E-state index contributed by atoms with van der Waals surface area (Å²) in [5, 5.41) is 0.764. The minimum absolute atomic E-state index is 0.0397. The summed E-state index contributed by atoms with van der Waals surface area (Å²) < 4.78 is 35.4. The van der Waals surface area contributed by atoms with Crippen molar-refractivity contribution in [3.05, 3.63) is 70.3 Å². The van der Waals surface area contributed by atoms with Gasteiger partial charge in [0.1, 0.15) is 5.75 Å². The van der Waals surface area contributed by atoms with Crippen molar-refractivity contribution in [3.63, 3.8) is 0 Å². The van der Waals surface area contributed by atoms with Gasteiger partial charge in [0.25, 0.3) is 5.91 Å². The maximum Gasteiger partial charge on any atom is 0.284 e. The van der Waals surface area contributed by atoms with Gasteiger partial charge >= 0.3 is 0 Å². The summed E-state index contributed by atoms with van der Waals surface area (Å²) in [6, 6.07) is 11.8. The number of halogens is 1. The summed E-state index contributed by atoms with van der Waals surface area (Å²) in [5.74, 6) is 1.28. The smallest absolute Gasteiger partial charge is 0.284 e. The average molecular weight is 613 g/mol. The second kappa shape index (κ2) is 12.3. The second-order valence-corrected chi connectivity index (χ2v) is 14.2. The lowest BCUT2D eigenvalue weighted by Gasteiger charge is -2.46. The Morgan fingerprint density at radius 1 is 1.10 bits per heavy atom. The summed E-state index contributed by atoms with van der Waals surface area (Å²) >= 11 is 6.41. The van der Waals surface area contributed by atoms with Crippen LogP contribution in [0.2, 0.25) is 5.02 Å². The first-order chi connectivity index (χ1) is 20.3. The third-order valence-corrected chi connectivity index (χ3v) is 11.4. The van der Waals surface area contributed by atoms with E-state index in [2.05, 4.69) is 27.5 Å². The molecule has 7 nitrogen and oxygen atoms in total. The van der Waals surface area contributed by atoms with Gasteiger partial charge in [0.2, 0.25) is 0 Å². The lowest BCUT2D eigenvalue weighted by molar-refractivity contribution is 0.0120. The Balaban J connectivity index is 1.43.